The second-order valence-electron chi connectivity index (χ2n) is 29.8. The molecule has 0 aromatic rings. The lowest BCUT2D eigenvalue weighted by Crippen LogP contribution is -2.77. The van der Waals surface area contributed by atoms with E-state index in [4.69, 9.17) is 56.8 Å². The van der Waals surface area contributed by atoms with Crippen LogP contribution in [0.15, 0.2) is 11.6 Å². The minimum atomic E-state index is -2.31. The van der Waals surface area contributed by atoms with Crippen LogP contribution in [-0.2, 0) is 76.0 Å². The molecule has 5 aliphatic carbocycles. The van der Waals surface area contributed by atoms with E-state index in [0.717, 1.165) is 0 Å². The number of carbonyl (C=O) groups excluding carboxylic acids is 3. The molecule has 1 spiro atoms. The number of aliphatic hydroxyl groups is 12. The molecular weight excluding hydrogens is 1220 g/mol. The summed E-state index contributed by atoms with van der Waals surface area (Å²) in [5, 5.41) is 145. The number of allylic oxidation sites excluding steroid dienone is 1. The number of esters is 3. The molecule has 10 aliphatic rings. The Kier molecular flexibility index (Phi) is 19.9. The Bertz CT molecular complexity index is 2750. The van der Waals surface area contributed by atoms with Gasteiger partial charge in [0.2, 0.25) is 0 Å². The first-order chi connectivity index (χ1) is 42.9. The second-order valence-corrected chi connectivity index (χ2v) is 29.8. The molecule has 524 valence electrons. The predicted molar refractivity (Wildman–Crippen MR) is 308 cm³/mol. The summed E-state index contributed by atoms with van der Waals surface area (Å²) in [7, 11) is 0. The van der Waals surface area contributed by atoms with E-state index >= 15 is 0 Å². The Balaban J connectivity index is 0.989. The molecule has 5 heterocycles. The van der Waals surface area contributed by atoms with E-state index in [1.165, 1.54) is 20.8 Å². The summed E-state index contributed by atoms with van der Waals surface area (Å²) < 4.78 is 75.5. The molecule has 0 amide bonds. The van der Waals surface area contributed by atoms with Crippen LogP contribution in [0.2, 0.25) is 0 Å². The van der Waals surface area contributed by atoms with Gasteiger partial charge in [-0.1, -0.05) is 54.5 Å². The van der Waals surface area contributed by atoms with Crippen molar-refractivity contribution in [3.63, 3.8) is 0 Å². The summed E-state index contributed by atoms with van der Waals surface area (Å²) >= 11 is 0. The maximum atomic E-state index is 13.7. The van der Waals surface area contributed by atoms with Gasteiger partial charge in [0.05, 0.1) is 31.0 Å². The molecule has 0 aromatic heterocycles. The highest BCUT2D eigenvalue weighted by Gasteiger charge is 2.86. The number of carboxylic acid groups (broad SMARTS) is 1. The molecule has 33 atom stereocenters. The molecule has 2 bridgehead atoms. The highest BCUT2D eigenvalue weighted by molar-refractivity contribution is 5.87. The molecule has 29 nitrogen and oxygen atoms in total. The maximum absolute atomic E-state index is 13.7. The van der Waals surface area contributed by atoms with Gasteiger partial charge in [0.1, 0.15) is 103 Å². The molecule has 0 radical (unpaired) electrons. The van der Waals surface area contributed by atoms with Gasteiger partial charge in [-0.25, -0.2) is 9.59 Å². The van der Waals surface area contributed by atoms with Crippen LogP contribution in [0.3, 0.4) is 0 Å². The Hall–Kier alpha value is -3.22. The quantitative estimate of drug-likeness (QED) is 0.0392. The predicted octanol–water partition coefficient (Wildman–Crippen LogP) is -1.31. The summed E-state index contributed by atoms with van der Waals surface area (Å²) in [6, 6.07) is 0. The molecule has 5 aliphatic heterocycles. The Morgan fingerprint density at radius 3 is 1.68 bits per heavy atom. The van der Waals surface area contributed by atoms with E-state index < -0.39 is 235 Å². The van der Waals surface area contributed by atoms with E-state index in [1.54, 1.807) is 19.9 Å². The third-order valence-electron chi connectivity index (χ3n) is 24.3. The molecule has 10 rings (SSSR count). The lowest BCUT2D eigenvalue weighted by molar-refractivity contribution is -0.406. The lowest BCUT2D eigenvalue weighted by Gasteiger charge is -2.75. The topological polar surface area (TPSA) is 442 Å². The summed E-state index contributed by atoms with van der Waals surface area (Å²) in [5.41, 5.74) is -6.14. The first-order valence-corrected chi connectivity index (χ1v) is 32.2. The van der Waals surface area contributed by atoms with Crippen LogP contribution in [0.25, 0.3) is 0 Å². The summed E-state index contributed by atoms with van der Waals surface area (Å²) in [6.45, 7) is 19.8. The van der Waals surface area contributed by atoms with Gasteiger partial charge in [-0.05, 0) is 100 Å². The average molecular weight is 1320 g/mol. The van der Waals surface area contributed by atoms with Crippen LogP contribution in [0.5, 0.6) is 0 Å². The molecule has 10 fully saturated rings. The third kappa shape index (κ3) is 11.1. The van der Waals surface area contributed by atoms with Crippen LogP contribution >= 0.6 is 0 Å². The van der Waals surface area contributed by atoms with Crippen molar-refractivity contribution in [3.8, 4) is 0 Å². The van der Waals surface area contributed by atoms with Crippen LogP contribution in [0.4, 0.5) is 0 Å². The summed E-state index contributed by atoms with van der Waals surface area (Å²) in [6.07, 6.45) is -39.5. The van der Waals surface area contributed by atoms with Crippen molar-refractivity contribution < 1.29 is 142 Å². The van der Waals surface area contributed by atoms with E-state index in [-0.39, 0.29) is 24.7 Å². The zero-order valence-corrected chi connectivity index (χ0v) is 54.2. The van der Waals surface area contributed by atoms with E-state index in [1.807, 2.05) is 27.7 Å². The van der Waals surface area contributed by atoms with Crippen molar-refractivity contribution in [1.29, 1.82) is 0 Å². The van der Waals surface area contributed by atoms with Gasteiger partial charge in [0.25, 0.3) is 0 Å². The number of carboxylic acids is 1. The van der Waals surface area contributed by atoms with Gasteiger partial charge in [-0.2, -0.15) is 0 Å². The van der Waals surface area contributed by atoms with Crippen LogP contribution < -0.4 is 0 Å². The first kappa shape index (κ1) is 71.5. The van der Waals surface area contributed by atoms with Crippen molar-refractivity contribution in [2.24, 2.45) is 50.2 Å². The number of rotatable bonds is 15. The highest BCUT2D eigenvalue weighted by Crippen LogP contribution is 2.82. The van der Waals surface area contributed by atoms with Gasteiger partial charge in [0.15, 0.2) is 43.7 Å². The van der Waals surface area contributed by atoms with Crippen LogP contribution in [0, 0.1) is 50.2 Å². The van der Waals surface area contributed by atoms with Crippen molar-refractivity contribution in [2.75, 3.05) is 13.2 Å². The van der Waals surface area contributed by atoms with Crippen LogP contribution in [0.1, 0.15) is 134 Å². The van der Waals surface area contributed by atoms with E-state index in [9.17, 15) is 85.6 Å². The van der Waals surface area contributed by atoms with Gasteiger partial charge in [0, 0.05) is 36.2 Å². The zero-order valence-electron chi connectivity index (χ0n) is 54.2. The number of aliphatic hydroxyl groups excluding tert-OH is 12. The number of carbonyl (C=O) groups is 4. The second kappa shape index (κ2) is 25.6. The highest BCUT2D eigenvalue weighted by atomic mass is 16.8. The lowest BCUT2D eigenvalue weighted by atomic mass is 9.30. The minimum absolute atomic E-state index is 0.0914. The number of ether oxygens (including phenoxy) is 12. The minimum Gasteiger partial charge on any atom is -0.479 e. The van der Waals surface area contributed by atoms with Crippen LogP contribution in [-0.4, -0.2) is 263 Å². The van der Waals surface area contributed by atoms with Gasteiger partial charge < -0.3 is 123 Å². The first-order valence-electron chi connectivity index (χ1n) is 32.2. The van der Waals surface area contributed by atoms with Crippen molar-refractivity contribution in [1.82, 2.24) is 0 Å². The number of aliphatic carboxylic acids is 1. The van der Waals surface area contributed by atoms with E-state index in [2.05, 4.69) is 20.8 Å². The smallest absolute Gasteiger partial charge is 0.335 e. The van der Waals surface area contributed by atoms with Gasteiger partial charge in [-0.15, -0.1) is 0 Å². The number of hydrogen-bond acceptors (Lipinski definition) is 28. The van der Waals surface area contributed by atoms with E-state index in [0.29, 0.717) is 44.1 Å². The zero-order chi connectivity index (χ0) is 67.8. The molecular formula is C63H98O29. The molecule has 92 heavy (non-hydrogen) atoms. The molecule has 2 unspecified atom stereocenters. The van der Waals surface area contributed by atoms with Crippen molar-refractivity contribution in [3.05, 3.63) is 11.6 Å². The molecule has 5 saturated heterocycles. The number of fused-ring (bicyclic) bond motifs is 4. The molecule has 13 N–H and O–H groups in total. The van der Waals surface area contributed by atoms with Crippen molar-refractivity contribution >= 4 is 23.9 Å². The third-order valence-corrected chi connectivity index (χ3v) is 24.3. The molecule has 29 heteroatoms. The average Bonchev–Trinajstić information content (AvgIpc) is 1.35. The SMILES string of the molecule is C/C=C(/C)C(=O)O[C@H]1[C@H](OC(C)=O)[C@@]23[C@@H](CC1(C)C)[C@]1(CC[C@@H]4[C@@]5(C)CC[C@H](O[C@@H]6O[C@H](C(=O)O)[C@@H](O)[C@H](O[C@@H]7O[C@H](CO)[C@H](O)[C@H](O)[C@H]7OC7OC(C)[C@H](O)[C@@H](O)[C@H]7O)[C@H]6O[C@@H]6O[C@H](CO)[C@H](O)[C@H](O)[C@H]6O)C(C)(C)[C@@H]5CC[C@@]4(C)[C@]1(C)C[C@H]2OC(C)=O)O[C@@H]3O. The number of hydrogen-bond donors (Lipinski definition) is 13. The monoisotopic (exact) mass is 1320 g/mol. The summed E-state index contributed by atoms with van der Waals surface area (Å²) in [5.74, 6) is -4.61. The summed E-state index contributed by atoms with van der Waals surface area (Å²) in [4.78, 5) is 53.9. The molecule has 5 saturated carbocycles. The van der Waals surface area contributed by atoms with Gasteiger partial charge in [-0.3, -0.25) is 9.59 Å². The Labute approximate surface area is 533 Å². The fraction of sp³-hybridized carbons (Fsp3) is 0.905. The standard InChI is InChI=1S/C63H98O29/c1-13-24(2)51(79)91-48-49(83-27(5)67)63-32(20-57(48,6)7)62(92-56(63)80)19-15-31-59(10)17-16-33(58(8,9)30(59)14-18-60(31,11)61(62,12)21-34(63)82-26(4)66)86-55-47(90-53-42(75)39(72)36(69)28(22-64)84-53)44(43(76)45(88-55)50(77)78)87-54-46(40(73)37(70)29(23-65)85-54)89-52-41(74)38(71)35(68)25(3)81-52/h13,25,28-49,52-56,64-65,68-76,80H,14-23H2,1-12H3,(H,77,78)/b24-13-/t25?,28-,29-,30+,31-,32+,33+,34-,35+,36+,37+,38-,39+,40+,41-,42-,43+,44+,45+,46-,47-,48+,49+,52?,53+,54+,55-,56+,59+,60-,61+,62+,63-/m1/s1. The maximum Gasteiger partial charge on any atom is 0.335 e. The Morgan fingerprint density at radius 1 is 0.533 bits per heavy atom. The fourth-order valence-corrected chi connectivity index (χ4v) is 19.3. The molecule has 0 aromatic carbocycles. The van der Waals surface area contributed by atoms with Gasteiger partial charge >= 0.3 is 23.9 Å². The van der Waals surface area contributed by atoms with Crippen molar-refractivity contribution in [2.45, 2.75) is 294 Å². The normalized spacial score (nSPS) is 52.1. The Morgan fingerprint density at radius 2 is 1.09 bits per heavy atom. The fourth-order valence-electron chi connectivity index (χ4n) is 19.3. The largest absolute Gasteiger partial charge is 0.479 e.